The third kappa shape index (κ3) is 3.45. The molecular formula is C20H27B4N. The average molecular weight is 325 g/mol. The van der Waals surface area contributed by atoms with E-state index in [4.69, 9.17) is 31.4 Å². The number of rotatable bonds is 3. The fourth-order valence-corrected chi connectivity index (χ4v) is 5.72. The SMILES string of the molecule is [B]c1c([B])c(C2(C)CC3CC(C)CC(C3)C2)c([B])c([B])c1NC(C)C. The second-order valence-corrected chi connectivity index (χ2v) is 9.22. The zero-order valence-electron chi connectivity index (χ0n) is 16.2. The second-order valence-electron chi connectivity index (χ2n) is 9.22. The normalized spacial score (nSPS) is 32.0. The first-order valence-electron chi connectivity index (χ1n) is 9.65. The van der Waals surface area contributed by atoms with E-state index in [2.05, 4.69) is 19.2 Å². The van der Waals surface area contributed by atoms with Gasteiger partial charge in [0.25, 0.3) is 0 Å². The van der Waals surface area contributed by atoms with E-state index in [0.29, 0.717) is 27.5 Å². The van der Waals surface area contributed by atoms with Crippen LogP contribution in [-0.2, 0) is 5.41 Å². The Kier molecular flexibility index (Phi) is 5.17. The third-order valence-electron chi connectivity index (χ3n) is 6.31. The van der Waals surface area contributed by atoms with Crippen molar-refractivity contribution < 1.29 is 0 Å². The Balaban J connectivity index is 2.05. The van der Waals surface area contributed by atoms with Gasteiger partial charge in [0.2, 0.25) is 0 Å². The van der Waals surface area contributed by atoms with Gasteiger partial charge in [-0.25, -0.2) is 0 Å². The summed E-state index contributed by atoms with van der Waals surface area (Å²) in [7, 11) is 25.8. The Morgan fingerprint density at radius 1 is 0.880 bits per heavy atom. The standard InChI is InChI=1S/C20H27B4N/c1-10(2)25-19-17(23)15(21)14(16(22)18(19)24)20(4)8-12-5-11(3)6-13(7-12)9-20/h10-13,25H,5-9H2,1-4H3. The third-order valence-corrected chi connectivity index (χ3v) is 6.31. The van der Waals surface area contributed by atoms with Gasteiger partial charge in [-0.1, -0.05) is 41.3 Å². The Morgan fingerprint density at radius 2 is 1.36 bits per heavy atom. The average Bonchev–Trinajstić information content (AvgIpc) is 2.48. The van der Waals surface area contributed by atoms with E-state index < -0.39 is 0 Å². The maximum Gasteiger partial charge on any atom is 0.115 e. The van der Waals surface area contributed by atoms with Crippen LogP contribution in [0.2, 0.25) is 0 Å². The van der Waals surface area contributed by atoms with Gasteiger partial charge in [0.05, 0.1) is 0 Å². The van der Waals surface area contributed by atoms with Crippen molar-refractivity contribution in [3.63, 3.8) is 0 Å². The molecule has 0 aromatic heterocycles. The summed E-state index contributed by atoms with van der Waals surface area (Å²) in [5, 5.41) is 3.30. The van der Waals surface area contributed by atoms with Crippen molar-refractivity contribution in [1.29, 1.82) is 0 Å². The zero-order valence-corrected chi connectivity index (χ0v) is 16.2. The van der Waals surface area contributed by atoms with Crippen LogP contribution in [0.1, 0.15) is 65.4 Å². The molecule has 0 saturated heterocycles. The number of benzene rings is 1. The predicted octanol–water partition coefficient (Wildman–Crippen LogP) is 0.786. The summed E-state index contributed by atoms with van der Waals surface area (Å²) in [5.41, 5.74) is 3.95. The molecule has 0 aliphatic heterocycles. The van der Waals surface area contributed by atoms with Crippen LogP contribution in [0.4, 0.5) is 5.69 Å². The lowest BCUT2D eigenvalue weighted by molar-refractivity contribution is 0.0908. The molecule has 5 heteroatoms. The fraction of sp³-hybridized carbons (Fsp3) is 0.700. The summed E-state index contributed by atoms with van der Waals surface area (Å²) in [5.74, 6) is 2.33. The summed E-state index contributed by atoms with van der Waals surface area (Å²) < 4.78 is 0. The first kappa shape index (κ1) is 19.1. The van der Waals surface area contributed by atoms with Gasteiger partial charge in [-0.2, -0.15) is 0 Å². The molecule has 2 saturated carbocycles. The first-order valence-corrected chi connectivity index (χ1v) is 9.65. The van der Waals surface area contributed by atoms with Crippen LogP contribution in [0.25, 0.3) is 0 Å². The molecule has 1 aromatic carbocycles. The molecule has 1 N–H and O–H groups in total. The molecule has 2 aliphatic rings. The van der Waals surface area contributed by atoms with Gasteiger partial charge < -0.3 is 5.32 Å². The summed E-state index contributed by atoms with van der Waals surface area (Å²) >= 11 is 0. The molecular weight excluding hydrogens is 297 g/mol. The molecule has 2 fully saturated rings. The minimum atomic E-state index is -0.0412. The van der Waals surface area contributed by atoms with Crippen LogP contribution in [0.3, 0.4) is 0 Å². The Morgan fingerprint density at radius 3 is 1.80 bits per heavy atom. The van der Waals surface area contributed by atoms with E-state index in [1.807, 2.05) is 13.8 Å². The van der Waals surface area contributed by atoms with Crippen molar-refractivity contribution in [2.75, 3.05) is 5.32 Å². The van der Waals surface area contributed by atoms with E-state index in [1.165, 1.54) is 19.3 Å². The van der Waals surface area contributed by atoms with Crippen molar-refractivity contribution in [2.45, 2.75) is 71.3 Å². The smallest absolute Gasteiger partial charge is 0.115 e. The van der Waals surface area contributed by atoms with Crippen LogP contribution in [0.5, 0.6) is 0 Å². The maximum atomic E-state index is 6.52. The fourth-order valence-electron chi connectivity index (χ4n) is 5.72. The minimum Gasteiger partial charge on any atom is -0.384 e. The van der Waals surface area contributed by atoms with Crippen LogP contribution >= 0.6 is 0 Å². The summed E-state index contributed by atoms with van der Waals surface area (Å²) in [4.78, 5) is 0. The highest BCUT2D eigenvalue weighted by molar-refractivity contribution is 6.60. The van der Waals surface area contributed by atoms with E-state index in [0.717, 1.165) is 36.2 Å². The highest BCUT2D eigenvalue weighted by atomic mass is 14.9. The van der Waals surface area contributed by atoms with Crippen LogP contribution in [-0.4, -0.2) is 37.4 Å². The Hall–Kier alpha value is -0.720. The lowest BCUT2D eigenvalue weighted by Crippen LogP contribution is -2.53. The number of hydrogen-bond acceptors (Lipinski definition) is 1. The Bertz CT molecular complexity index is 623. The molecule has 1 nitrogen and oxygen atoms in total. The van der Waals surface area contributed by atoms with Gasteiger partial charge in [0.15, 0.2) is 0 Å². The molecule has 0 heterocycles. The largest absolute Gasteiger partial charge is 0.384 e. The molecule has 8 radical (unpaired) electrons. The van der Waals surface area contributed by atoms with Gasteiger partial charge >= 0.3 is 0 Å². The van der Waals surface area contributed by atoms with Crippen LogP contribution in [0, 0.1) is 17.8 Å². The van der Waals surface area contributed by atoms with Crippen molar-refractivity contribution >= 4 is 58.9 Å². The summed E-state index contributed by atoms with van der Waals surface area (Å²) in [6, 6.07) is 0.209. The van der Waals surface area contributed by atoms with E-state index in [1.54, 1.807) is 0 Å². The van der Waals surface area contributed by atoms with E-state index in [9.17, 15) is 0 Å². The molecule has 124 valence electrons. The lowest BCUT2D eigenvalue weighted by atomic mass is 9.52. The van der Waals surface area contributed by atoms with Gasteiger partial charge in [0, 0.05) is 11.7 Å². The second kappa shape index (κ2) is 6.78. The molecule has 0 spiro atoms. The van der Waals surface area contributed by atoms with Gasteiger partial charge in [0.1, 0.15) is 31.4 Å². The molecule has 2 bridgehead atoms. The molecule has 25 heavy (non-hydrogen) atoms. The molecule has 2 unspecified atom stereocenters. The predicted molar refractivity (Wildman–Crippen MR) is 113 cm³/mol. The number of fused-ring (bicyclic) bond motifs is 2. The molecule has 3 rings (SSSR count). The van der Waals surface area contributed by atoms with Gasteiger partial charge in [-0.3, -0.25) is 0 Å². The van der Waals surface area contributed by atoms with Crippen molar-refractivity contribution in [3.05, 3.63) is 5.56 Å². The number of nitrogens with one attached hydrogen (secondary N) is 1. The van der Waals surface area contributed by atoms with Gasteiger partial charge in [-0.05, 0) is 69.1 Å². The number of anilines is 1. The first-order chi connectivity index (χ1) is 11.6. The summed E-state index contributed by atoms with van der Waals surface area (Å²) in [6.07, 6.45) is 6.21. The maximum absolute atomic E-state index is 6.52. The quantitative estimate of drug-likeness (QED) is 0.811. The van der Waals surface area contributed by atoms with E-state index in [-0.39, 0.29) is 11.5 Å². The van der Waals surface area contributed by atoms with E-state index >= 15 is 0 Å². The molecule has 2 aliphatic carbocycles. The zero-order chi connectivity index (χ0) is 18.5. The van der Waals surface area contributed by atoms with Crippen LogP contribution < -0.4 is 27.2 Å². The Labute approximate surface area is 159 Å². The highest BCUT2D eigenvalue weighted by Gasteiger charge is 2.43. The van der Waals surface area contributed by atoms with Crippen molar-refractivity contribution in [3.8, 4) is 0 Å². The van der Waals surface area contributed by atoms with Gasteiger partial charge in [-0.15, -0.1) is 0 Å². The van der Waals surface area contributed by atoms with Crippen LogP contribution in [0.15, 0.2) is 0 Å². The topological polar surface area (TPSA) is 12.0 Å². The highest BCUT2D eigenvalue weighted by Crippen LogP contribution is 2.50. The van der Waals surface area contributed by atoms with Crippen molar-refractivity contribution in [2.24, 2.45) is 17.8 Å². The lowest BCUT2D eigenvalue weighted by Gasteiger charge is -2.49. The minimum absolute atomic E-state index is 0.0412. The molecule has 2 atom stereocenters. The molecule has 1 aromatic rings. The monoisotopic (exact) mass is 325 g/mol. The molecule has 0 amide bonds. The summed E-state index contributed by atoms with van der Waals surface area (Å²) in [6.45, 7) is 8.78. The van der Waals surface area contributed by atoms with Crippen molar-refractivity contribution in [1.82, 2.24) is 0 Å². The number of hydrogen-bond donors (Lipinski definition) is 1.